The number of rotatable bonds is 10. The molecule has 1 aliphatic heterocycles. The lowest BCUT2D eigenvalue weighted by atomic mass is 10.0. The van der Waals surface area contributed by atoms with E-state index in [1.165, 1.54) is 0 Å². The summed E-state index contributed by atoms with van der Waals surface area (Å²) in [5, 5.41) is 10.4. The number of hydrogen-bond donors (Lipinski definition) is 3. The number of ether oxygens (including phenoxy) is 2. The highest BCUT2D eigenvalue weighted by molar-refractivity contribution is 14.0. The van der Waals surface area contributed by atoms with Crippen molar-refractivity contribution in [3.8, 4) is 0 Å². The second-order valence-corrected chi connectivity index (χ2v) is 6.95. The summed E-state index contributed by atoms with van der Waals surface area (Å²) in [5.74, 6) is 1.33. The third kappa shape index (κ3) is 9.62. The summed E-state index contributed by atoms with van der Waals surface area (Å²) in [6.07, 6.45) is 2.25. The van der Waals surface area contributed by atoms with Crippen LogP contribution in [0.3, 0.4) is 0 Å². The Morgan fingerprint density at radius 3 is 2.67 bits per heavy atom. The first-order valence-corrected chi connectivity index (χ1v) is 9.64. The fraction of sp³-hybridized carbons (Fsp3) is 0.650. The van der Waals surface area contributed by atoms with Gasteiger partial charge in [0.25, 0.3) is 0 Å². The van der Waals surface area contributed by atoms with E-state index in [1.54, 1.807) is 7.05 Å². The van der Waals surface area contributed by atoms with Crippen LogP contribution in [0.5, 0.6) is 0 Å². The van der Waals surface area contributed by atoms with Crippen LogP contribution in [0, 0.1) is 5.92 Å². The first-order chi connectivity index (χ1) is 12.7. The number of hydrogen-bond acceptors (Lipinski definition) is 4. The van der Waals surface area contributed by atoms with Gasteiger partial charge in [-0.15, -0.1) is 24.0 Å². The fourth-order valence-electron chi connectivity index (χ4n) is 2.80. The van der Waals surface area contributed by atoms with E-state index >= 15 is 0 Å². The van der Waals surface area contributed by atoms with Gasteiger partial charge in [-0.3, -0.25) is 4.99 Å². The average molecular weight is 490 g/mol. The molecule has 1 fully saturated rings. The average Bonchev–Trinajstić information content (AvgIpc) is 3.17. The Labute approximate surface area is 180 Å². The molecule has 1 aliphatic rings. The molecule has 0 bridgehead atoms. The van der Waals surface area contributed by atoms with E-state index in [0.29, 0.717) is 12.0 Å². The van der Waals surface area contributed by atoms with Crippen molar-refractivity contribution in [2.75, 3.05) is 45.3 Å². The minimum absolute atomic E-state index is 0. The van der Waals surface area contributed by atoms with Crippen LogP contribution in [0.15, 0.2) is 35.3 Å². The van der Waals surface area contributed by atoms with Crippen molar-refractivity contribution in [2.45, 2.75) is 38.8 Å². The molecular weight excluding hydrogens is 455 g/mol. The lowest BCUT2D eigenvalue weighted by molar-refractivity contribution is 0.0420. The maximum absolute atomic E-state index is 5.78. The third-order valence-electron chi connectivity index (χ3n) is 4.50. The SMILES string of the molecule is CN=C(NCCCOC1CCOC1)NCC(Nc1ccccc1)C(C)C.I. The summed E-state index contributed by atoms with van der Waals surface area (Å²) in [5.41, 5.74) is 1.14. The third-order valence-corrected chi connectivity index (χ3v) is 4.50. The first kappa shape index (κ1) is 24.0. The van der Waals surface area contributed by atoms with Gasteiger partial charge >= 0.3 is 0 Å². The predicted octanol–water partition coefficient (Wildman–Crippen LogP) is 3.10. The van der Waals surface area contributed by atoms with Crippen molar-refractivity contribution >= 4 is 35.6 Å². The number of guanidine groups is 1. The summed E-state index contributed by atoms with van der Waals surface area (Å²) in [4.78, 5) is 4.31. The highest BCUT2D eigenvalue weighted by Crippen LogP contribution is 2.11. The lowest BCUT2D eigenvalue weighted by Crippen LogP contribution is -2.45. The van der Waals surface area contributed by atoms with Gasteiger partial charge in [0.05, 0.1) is 12.7 Å². The van der Waals surface area contributed by atoms with Gasteiger partial charge in [-0.2, -0.15) is 0 Å². The Morgan fingerprint density at radius 1 is 1.26 bits per heavy atom. The van der Waals surface area contributed by atoms with Crippen LogP contribution in [-0.4, -0.2) is 58.1 Å². The number of nitrogens with zero attached hydrogens (tertiary/aromatic N) is 1. The molecule has 7 heteroatoms. The Bertz CT molecular complexity index is 522. The molecule has 3 N–H and O–H groups in total. The number of benzene rings is 1. The number of halogens is 1. The van der Waals surface area contributed by atoms with Gasteiger partial charge in [-0.25, -0.2) is 0 Å². The van der Waals surface area contributed by atoms with E-state index in [4.69, 9.17) is 9.47 Å². The van der Waals surface area contributed by atoms with Gasteiger partial charge in [0, 0.05) is 45.1 Å². The summed E-state index contributed by atoms with van der Waals surface area (Å²) in [6, 6.07) is 10.6. The molecule has 2 rings (SSSR count). The molecule has 1 aromatic rings. The van der Waals surface area contributed by atoms with Gasteiger partial charge in [0.2, 0.25) is 0 Å². The maximum atomic E-state index is 5.78. The number of para-hydroxylation sites is 1. The zero-order valence-corrected chi connectivity index (χ0v) is 19.1. The van der Waals surface area contributed by atoms with Gasteiger partial charge in [-0.05, 0) is 30.9 Å². The zero-order valence-electron chi connectivity index (χ0n) is 16.7. The zero-order chi connectivity index (χ0) is 18.6. The predicted molar refractivity (Wildman–Crippen MR) is 123 cm³/mol. The van der Waals surface area contributed by atoms with Crippen LogP contribution < -0.4 is 16.0 Å². The van der Waals surface area contributed by atoms with Gasteiger partial charge in [-0.1, -0.05) is 32.0 Å². The van der Waals surface area contributed by atoms with Crippen molar-refractivity contribution in [1.29, 1.82) is 0 Å². The highest BCUT2D eigenvalue weighted by atomic mass is 127. The molecule has 0 aliphatic carbocycles. The van der Waals surface area contributed by atoms with Gasteiger partial charge < -0.3 is 25.4 Å². The molecule has 0 amide bonds. The molecular formula is C20H35IN4O2. The molecule has 0 radical (unpaired) electrons. The number of nitrogens with one attached hydrogen (secondary N) is 3. The molecule has 2 atom stereocenters. The molecule has 27 heavy (non-hydrogen) atoms. The van der Waals surface area contributed by atoms with Crippen LogP contribution >= 0.6 is 24.0 Å². The normalized spacial score (nSPS) is 18.1. The first-order valence-electron chi connectivity index (χ1n) is 9.64. The number of anilines is 1. The lowest BCUT2D eigenvalue weighted by Gasteiger charge is -2.25. The Balaban J connectivity index is 0.00000364. The van der Waals surface area contributed by atoms with E-state index in [1.807, 2.05) is 18.2 Å². The fourth-order valence-corrected chi connectivity index (χ4v) is 2.80. The molecule has 0 saturated carbocycles. The van der Waals surface area contributed by atoms with E-state index in [0.717, 1.165) is 57.4 Å². The van der Waals surface area contributed by atoms with Crippen LogP contribution in [-0.2, 0) is 9.47 Å². The van der Waals surface area contributed by atoms with Crippen LogP contribution in [0.25, 0.3) is 0 Å². The Hall–Kier alpha value is -1.06. The summed E-state index contributed by atoms with van der Waals surface area (Å²) < 4.78 is 11.1. The Morgan fingerprint density at radius 2 is 2.04 bits per heavy atom. The van der Waals surface area contributed by atoms with Gasteiger partial charge in [0.15, 0.2) is 5.96 Å². The summed E-state index contributed by atoms with van der Waals surface area (Å²) in [7, 11) is 1.80. The molecule has 0 spiro atoms. The van der Waals surface area contributed by atoms with E-state index < -0.39 is 0 Å². The van der Waals surface area contributed by atoms with Crippen LogP contribution in [0.1, 0.15) is 26.7 Å². The van der Waals surface area contributed by atoms with Crippen molar-refractivity contribution in [3.05, 3.63) is 30.3 Å². The molecule has 0 aromatic heterocycles. The van der Waals surface area contributed by atoms with Gasteiger partial charge in [0.1, 0.15) is 0 Å². The maximum Gasteiger partial charge on any atom is 0.191 e. The highest BCUT2D eigenvalue weighted by Gasteiger charge is 2.15. The van der Waals surface area contributed by atoms with Crippen molar-refractivity contribution in [3.63, 3.8) is 0 Å². The smallest absolute Gasteiger partial charge is 0.191 e. The minimum Gasteiger partial charge on any atom is -0.380 e. The second-order valence-electron chi connectivity index (χ2n) is 6.95. The topological polar surface area (TPSA) is 66.9 Å². The minimum atomic E-state index is 0. The van der Waals surface area contributed by atoms with E-state index in [-0.39, 0.29) is 30.1 Å². The van der Waals surface area contributed by atoms with E-state index in [9.17, 15) is 0 Å². The standard InChI is InChI=1S/C20H34N4O2.HI/c1-16(2)19(24-17-8-5-4-6-9-17)14-23-20(21-3)22-11-7-12-26-18-10-13-25-15-18;/h4-6,8-9,16,18-19,24H,7,10-15H2,1-3H3,(H2,21,22,23);1H. The Kier molecular flexibility index (Phi) is 12.4. The summed E-state index contributed by atoms with van der Waals surface area (Å²) >= 11 is 0. The van der Waals surface area contributed by atoms with Crippen molar-refractivity contribution in [2.24, 2.45) is 10.9 Å². The molecule has 6 nitrogen and oxygen atoms in total. The molecule has 2 unspecified atom stereocenters. The van der Waals surface area contributed by atoms with Crippen LogP contribution in [0.4, 0.5) is 5.69 Å². The number of aliphatic imine (C=N–C) groups is 1. The molecule has 1 saturated heterocycles. The molecule has 1 aromatic carbocycles. The van der Waals surface area contributed by atoms with Crippen molar-refractivity contribution < 1.29 is 9.47 Å². The summed E-state index contributed by atoms with van der Waals surface area (Å²) in [6.45, 7) is 8.41. The van der Waals surface area contributed by atoms with Crippen molar-refractivity contribution in [1.82, 2.24) is 10.6 Å². The largest absolute Gasteiger partial charge is 0.380 e. The molecule has 1 heterocycles. The molecule has 154 valence electrons. The van der Waals surface area contributed by atoms with Crippen LogP contribution in [0.2, 0.25) is 0 Å². The second kappa shape index (κ2) is 14.0. The van der Waals surface area contributed by atoms with E-state index in [2.05, 4.69) is 46.9 Å². The quantitative estimate of drug-likeness (QED) is 0.204. The monoisotopic (exact) mass is 490 g/mol.